The van der Waals surface area contributed by atoms with Crippen molar-refractivity contribution < 1.29 is 9.53 Å². The molecule has 0 atom stereocenters. The van der Waals surface area contributed by atoms with Crippen LogP contribution >= 0.6 is 22.9 Å². The van der Waals surface area contributed by atoms with Crippen molar-refractivity contribution in [2.24, 2.45) is 0 Å². The highest BCUT2D eigenvalue weighted by Gasteiger charge is 2.25. The third-order valence-electron chi connectivity index (χ3n) is 5.01. The third kappa shape index (κ3) is 4.42. The largest absolute Gasteiger partial charge is 0.496 e. The number of methoxy groups -OCH3 is 1. The molecule has 0 N–H and O–H groups in total. The molecule has 152 valence electrons. The monoisotopic (exact) mass is 432 g/mol. The van der Waals surface area contributed by atoms with E-state index in [1.807, 2.05) is 4.90 Å². The van der Waals surface area contributed by atoms with E-state index < -0.39 is 0 Å². The standard InChI is InChI=1S/C19H21ClN6O2S/c1-28-18-12-17(26-13-21-22-23-26)16(20)11-15(18)19(27)25-8-6-24(7-9-25)5-4-14-3-2-10-29-14/h2-3,10-13H,4-9H2,1H3. The molecular formula is C19H21ClN6O2S. The zero-order valence-electron chi connectivity index (χ0n) is 16.0. The van der Waals surface area contributed by atoms with Crippen LogP contribution in [0.25, 0.3) is 5.69 Å². The summed E-state index contributed by atoms with van der Waals surface area (Å²) in [6, 6.07) is 7.56. The fourth-order valence-electron chi connectivity index (χ4n) is 3.39. The first kappa shape index (κ1) is 19.8. The second kappa shape index (κ2) is 8.89. The highest BCUT2D eigenvalue weighted by atomic mass is 35.5. The highest BCUT2D eigenvalue weighted by Crippen LogP contribution is 2.30. The van der Waals surface area contributed by atoms with Gasteiger partial charge in [0.25, 0.3) is 5.91 Å². The summed E-state index contributed by atoms with van der Waals surface area (Å²) in [7, 11) is 1.53. The molecule has 0 radical (unpaired) electrons. The summed E-state index contributed by atoms with van der Waals surface area (Å²) in [6.07, 6.45) is 2.49. The van der Waals surface area contributed by atoms with E-state index in [0.29, 0.717) is 35.1 Å². The molecule has 0 bridgehead atoms. The number of ether oxygens (including phenoxy) is 1. The van der Waals surface area contributed by atoms with E-state index >= 15 is 0 Å². The Morgan fingerprint density at radius 1 is 1.28 bits per heavy atom. The second-order valence-corrected chi connectivity index (χ2v) is 8.16. The number of thiophene rings is 1. The Labute approximate surface area is 177 Å². The summed E-state index contributed by atoms with van der Waals surface area (Å²) in [5.41, 5.74) is 1.00. The van der Waals surface area contributed by atoms with E-state index in [9.17, 15) is 4.79 Å². The first-order chi connectivity index (χ1) is 14.2. The first-order valence-electron chi connectivity index (χ1n) is 9.30. The number of carbonyl (C=O) groups is 1. The number of tetrazole rings is 1. The van der Waals surface area contributed by atoms with Gasteiger partial charge in [-0.2, -0.15) is 4.68 Å². The average molecular weight is 433 g/mol. The quantitative estimate of drug-likeness (QED) is 0.595. The van der Waals surface area contributed by atoms with Crippen molar-refractivity contribution in [1.29, 1.82) is 0 Å². The molecule has 10 heteroatoms. The SMILES string of the molecule is COc1cc(-n2cnnn2)c(Cl)cc1C(=O)N1CCN(CCc2cccs2)CC1. The minimum Gasteiger partial charge on any atom is -0.496 e. The molecule has 1 aliphatic heterocycles. The third-order valence-corrected chi connectivity index (χ3v) is 6.25. The molecule has 1 amide bonds. The van der Waals surface area contributed by atoms with Crippen LogP contribution in [0.3, 0.4) is 0 Å². The first-order valence-corrected chi connectivity index (χ1v) is 10.6. The van der Waals surface area contributed by atoms with Crippen LogP contribution in [0, 0.1) is 0 Å². The lowest BCUT2D eigenvalue weighted by Gasteiger charge is -2.35. The van der Waals surface area contributed by atoms with Crippen LogP contribution in [0.2, 0.25) is 5.02 Å². The molecule has 4 rings (SSSR count). The molecule has 0 aliphatic carbocycles. The molecular weight excluding hydrogens is 412 g/mol. The molecule has 1 aromatic carbocycles. The van der Waals surface area contributed by atoms with E-state index in [0.717, 1.165) is 26.1 Å². The Morgan fingerprint density at radius 3 is 2.76 bits per heavy atom. The van der Waals surface area contributed by atoms with Gasteiger partial charge < -0.3 is 9.64 Å². The number of aromatic nitrogens is 4. The molecule has 1 aliphatic rings. The minimum atomic E-state index is -0.0788. The number of rotatable bonds is 6. The van der Waals surface area contributed by atoms with Crippen molar-refractivity contribution in [2.75, 3.05) is 39.8 Å². The van der Waals surface area contributed by atoms with Crippen molar-refractivity contribution >= 4 is 28.8 Å². The molecule has 0 spiro atoms. The Hall–Kier alpha value is -2.49. The molecule has 1 fully saturated rings. The topological polar surface area (TPSA) is 76.4 Å². The minimum absolute atomic E-state index is 0.0788. The van der Waals surface area contributed by atoms with Crippen LogP contribution in [0.15, 0.2) is 36.0 Å². The number of piperazine rings is 1. The predicted molar refractivity (Wildman–Crippen MR) is 111 cm³/mol. The maximum absolute atomic E-state index is 13.1. The molecule has 0 unspecified atom stereocenters. The lowest BCUT2D eigenvalue weighted by molar-refractivity contribution is 0.0635. The second-order valence-electron chi connectivity index (χ2n) is 6.72. The zero-order chi connectivity index (χ0) is 20.2. The van der Waals surface area contributed by atoms with Crippen molar-refractivity contribution in [1.82, 2.24) is 30.0 Å². The molecule has 29 heavy (non-hydrogen) atoms. The van der Waals surface area contributed by atoms with Gasteiger partial charge in [-0.25, -0.2) is 0 Å². The van der Waals surface area contributed by atoms with Gasteiger partial charge in [0.2, 0.25) is 0 Å². The normalized spacial score (nSPS) is 14.9. The van der Waals surface area contributed by atoms with E-state index in [1.54, 1.807) is 23.5 Å². The van der Waals surface area contributed by atoms with Crippen molar-refractivity contribution in [3.63, 3.8) is 0 Å². The fourth-order valence-corrected chi connectivity index (χ4v) is 4.34. The van der Waals surface area contributed by atoms with Gasteiger partial charge in [-0.15, -0.1) is 16.4 Å². The van der Waals surface area contributed by atoms with Crippen LogP contribution < -0.4 is 4.74 Å². The van der Waals surface area contributed by atoms with E-state index in [-0.39, 0.29) is 5.91 Å². The van der Waals surface area contributed by atoms with Crippen LogP contribution in [0.5, 0.6) is 5.75 Å². The fraction of sp³-hybridized carbons (Fsp3) is 0.368. The summed E-state index contributed by atoms with van der Waals surface area (Å²) in [5, 5.41) is 13.6. The van der Waals surface area contributed by atoms with Crippen molar-refractivity contribution in [3.8, 4) is 11.4 Å². The number of hydrogen-bond acceptors (Lipinski definition) is 7. The molecule has 0 saturated carbocycles. The Bertz CT molecular complexity index is 956. The molecule has 3 aromatic rings. The smallest absolute Gasteiger partial charge is 0.257 e. The lowest BCUT2D eigenvalue weighted by Crippen LogP contribution is -2.49. The summed E-state index contributed by atoms with van der Waals surface area (Å²) in [6.45, 7) is 4.08. The number of halogens is 1. The van der Waals surface area contributed by atoms with E-state index in [4.69, 9.17) is 16.3 Å². The maximum atomic E-state index is 13.1. The lowest BCUT2D eigenvalue weighted by atomic mass is 10.1. The number of amides is 1. The number of nitrogens with zero attached hydrogens (tertiary/aromatic N) is 6. The van der Waals surface area contributed by atoms with Gasteiger partial charge in [-0.1, -0.05) is 17.7 Å². The van der Waals surface area contributed by atoms with Crippen molar-refractivity contribution in [3.05, 3.63) is 51.4 Å². The van der Waals surface area contributed by atoms with Gasteiger partial charge in [0.1, 0.15) is 12.1 Å². The molecule has 2 aromatic heterocycles. The molecule has 1 saturated heterocycles. The Morgan fingerprint density at radius 2 is 2.10 bits per heavy atom. The molecule has 3 heterocycles. The number of hydrogen-bond donors (Lipinski definition) is 0. The van der Waals surface area contributed by atoms with Gasteiger partial charge in [0.05, 0.1) is 23.4 Å². The predicted octanol–water partition coefficient (Wildman–Crippen LogP) is 2.39. The van der Waals surface area contributed by atoms with Gasteiger partial charge in [-0.3, -0.25) is 9.69 Å². The van der Waals surface area contributed by atoms with Gasteiger partial charge in [-0.05, 0) is 34.4 Å². The maximum Gasteiger partial charge on any atom is 0.257 e. The average Bonchev–Trinajstić information content (AvgIpc) is 3.46. The van der Waals surface area contributed by atoms with E-state index in [1.165, 1.54) is 23.0 Å². The van der Waals surface area contributed by atoms with Gasteiger partial charge in [0.15, 0.2) is 0 Å². The van der Waals surface area contributed by atoms with Crippen molar-refractivity contribution in [2.45, 2.75) is 6.42 Å². The highest BCUT2D eigenvalue weighted by molar-refractivity contribution is 7.09. The van der Waals surface area contributed by atoms with Crippen LogP contribution in [-0.2, 0) is 6.42 Å². The summed E-state index contributed by atoms with van der Waals surface area (Å²) in [5.74, 6) is 0.370. The van der Waals surface area contributed by atoms with Crippen LogP contribution in [-0.4, -0.2) is 75.7 Å². The van der Waals surface area contributed by atoms with E-state index in [2.05, 4.69) is 37.9 Å². The zero-order valence-corrected chi connectivity index (χ0v) is 17.6. The summed E-state index contributed by atoms with van der Waals surface area (Å²) >= 11 is 8.18. The van der Waals surface area contributed by atoms with Crippen LogP contribution in [0.4, 0.5) is 0 Å². The Balaban J connectivity index is 1.42. The van der Waals surface area contributed by atoms with Crippen LogP contribution in [0.1, 0.15) is 15.2 Å². The Kier molecular flexibility index (Phi) is 6.08. The molecule has 8 nitrogen and oxygen atoms in total. The number of carbonyl (C=O) groups excluding carboxylic acids is 1. The van der Waals surface area contributed by atoms with Gasteiger partial charge in [0, 0.05) is 43.7 Å². The summed E-state index contributed by atoms with van der Waals surface area (Å²) < 4.78 is 6.89. The summed E-state index contributed by atoms with van der Waals surface area (Å²) in [4.78, 5) is 18.7. The van der Waals surface area contributed by atoms with Gasteiger partial charge >= 0.3 is 0 Å². The number of benzene rings is 1.